The molecule has 0 bridgehead atoms. The van der Waals surface area contributed by atoms with Gasteiger partial charge in [-0.25, -0.2) is 4.79 Å². The fraction of sp³-hybridized carbons (Fsp3) is 0.133. The lowest BCUT2D eigenvalue weighted by molar-refractivity contribution is -0.250. The fourth-order valence-corrected chi connectivity index (χ4v) is 1.57. The van der Waals surface area contributed by atoms with Crippen LogP contribution >= 0.6 is 0 Å². The highest BCUT2D eigenvalue weighted by molar-refractivity contribution is 5.89. The van der Waals surface area contributed by atoms with Gasteiger partial charge in [0.1, 0.15) is 12.4 Å². The molecule has 0 atom stereocenters. The van der Waals surface area contributed by atoms with Gasteiger partial charge in [0, 0.05) is 0 Å². The smallest absolute Gasteiger partial charge is 0.387 e. The molecule has 0 spiro atoms. The van der Waals surface area contributed by atoms with Gasteiger partial charge in [0.15, 0.2) is 0 Å². The maximum Gasteiger partial charge on any atom is 0.387 e. The van der Waals surface area contributed by atoms with Crippen LogP contribution in [0.5, 0.6) is 5.75 Å². The molecule has 2 rings (SSSR count). The molecule has 0 aromatic heterocycles. The van der Waals surface area contributed by atoms with Crippen molar-refractivity contribution >= 4 is 5.97 Å². The van der Waals surface area contributed by atoms with E-state index in [2.05, 4.69) is 9.62 Å². The van der Waals surface area contributed by atoms with Gasteiger partial charge >= 0.3 is 12.6 Å². The van der Waals surface area contributed by atoms with Crippen molar-refractivity contribution in [3.05, 3.63) is 65.7 Å². The summed E-state index contributed by atoms with van der Waals surface area (Å²) in [6, 6.07) is 14.4. The van der Waals surface area contributed by atoms with E-state index in [1.165, 1.54) is 18.2 Å². The highest BCUT2D eigenvalue weighted by Gasteiger charge is 2.11. The SMILES string of the molecule is O=C(OOCc1ccccc1)c1cccc(OC(F)F)c1. The first-order chi connectivity index (χ1) is 10.1. The lowest BCUT2D eigenvalue weighted by Crippen LogP contribution is -2.07. The van der Waals surface area contributed by atoms with Gasteiger partial charge < -0.3 is 4.74 Å². The average Bonchev–Trinajstić information content (AvgIpc) is 2.48. The van der Waals surface area contributed by atoms with Crippen molar-refractivity contribution in [2.75, 3.05) is 0 Å². The zero-order valence-electron chi connectivity index (χ0n) is 10.9. The van der Waals surface area contributed by atoms with Crippen LogP contribution in [0.4, 0.5) is 8.78 Å². The molecule has 110 valence electrons. The molecule has 0 aliphatic carbocycles. The minimum absolute atomic E-state index is 0.0567. The van der Waals surface area contributed by atoms with E-state index in [0.29, 0.717) is 0 Å². The fourth-order valence-electron chi connectivity index (χ4n) is 1.57. The van der Waals surface area contributed by atoms with Crippen LogP contribution in [0.25, 0.3) is 0 Å². The number of carbonyl (C=O) groups excluding carboxylic acids is 1. The number of halogens is 2. The van der Waals surface area contributed by atoms with Crippen LogP contribution in [0, 0.1) is 0 Å². The second-order valence-corrected chi connectivity index (χ2v) is 4.02. The van der Waals surface area contributed by atoms with Gasteiger partial charge in [-0.1, -0.05) is 36.4 Å². The van der Waals surface area contributed by atoms with Crippen LogP contribution in [0.15, 0.2) is 54.6 Å². The molecule has 0 aliphatic heterocycles. The van der Waals surface area contributed by atoms with Crippen molar-refractivity contribution in [3.8, 4) is 5.75 Å². The van der Waals surface area contributed by atoms with E-state index in [1.807, 2.05) is 30.3 Å². The molecule has 0 saturated carbocycles. The molecule has 0 N–H and O–H groups in total. The van der Waals surface area contributed by atoms with E-state index in [1.54, 1.807) is 0 Å². The monoisotopic (exact) mass is 294 g/mol. The minimum atomic E-state index is -2.95. The van der Waals surface area contributed by atoms with Crippen molar-refractivity contribution in [1.29, 1.82) is 0 Å². The summed E-state index contributed by atoms with van der Waals surface area (Å²) in [6.45, 7) is -2.86. The third-order valence-electron chi connectivity index (χ3n) is 2.50. The van der Waals surface area contributed by atoms with Crippen LogP contribution in [0.2, 0.25) is 0 Å². The van der Waals surface area contributed by atoms with Gasteiger partial charge in [-0.15, -0.1) is 0 Å². The maximum absolute atomic E-state index is 12.1. The summed E-state index contributed by atoms with van der Waals surface area (Å²) in [7, 11) is 0. The molecule has 21 heavy (non-hydrogen) atoms. The third kappa shape index (κ3) is 4.85. The number of hydrogen-bond donors (Lipinski definition) is 0. The number of ether oxygens (including phenoxy) is 1. The van der Waals surface area contributed by atoms with Gasteiger partial charge in [-0.05, 0) is 23.8 Å². The van der Waals surface area contributed by atoms with Crippen LogP contribution < -0.4 is 4.74 Å². The topological polar surface area (TPSA) is 44.8 Å². The molecular weight excluding hydrogens is 282 g/mol. The number of rotatable bonds is 6. The quantitative estimate of drug-likeness (QED) is 0.603. The Morgan fingerprint density at radius 1 is 1.05 bits per heavy atom. The van der Waals surface area contributed by atoms with Crippen LogP contribution in [-0.4, -0.2) is 12.6 Å². The number of carbonyl (C=O) groups is 1. The van der Waals surface area contributed by atoms with Gasteiger partial charge in [-0.3, -0.25) is 4.89 Å². The molecule has 2 aromatic rings. The molecule has 0 saturated heterocycles. The van der Waals surface area contributed by atoms with Gasteiger partial charge in [0.05, 0.1) is 5.56 Å². The number of benzene rings is 2. The summed E-state index contributed by atoms with van der Waals surface area (Å²) in [4.78, 5) is 21.1. The molecule has 6 heteroatoms. The van der Waals surface area contributed by atoms with E-state index >= 15 is 0 Å². The zero-order chi connectivity index (χ0) is 15.1. The normalized spacial score (nSPS) is 10.4. The van der Waals surface area contributed by atoms with Crippen molar-refractivity contribution in [3.63, 3.8) is 0 Å². The Morgan fingerprint density at radius 2 is 1.81 bits per heavy atom. The molecule has 0 fully saturated rings. The first kappa shape index (κ1) is 14.9. The Hall–Kier alpha value is -2.47. The van der Waals surface area contributed by atoms with Gasteiger partial charge in [0.25, 0.3) is 0 Å². The molecule has 0 aliphatic rings. The van der Waals surface area contributed by atoms with E-state index in [9.17, 15) is 13.6 Å². The first-order valence-electron chi connectivity index (χ1n) is 6.08. The minimum Gasteiger partial charge on any atom is -0.435 e. The molecular formula is C15H12F2O4. The molecule has 4 nitrogen and oxygen atoms in total. The van der Waals surface area contributed by atoms with Crippen LogP contribution in [-0.2, 0) is 16.4 Å². The van der Waals surface area contributed by atoms with E-state index in [-0.39, 0.29) is 17.9 Å². The first-order valence-corrected chi connectivity index (χ1v) is 6.08. The summed E-state index contributed by atoms with van der Waals surface area (Å²) in [6.07, 6.45) is 0. The summed E-state index contributed by atoms with van der Waals surface area (Å²) >= 11 is 0. The lowest BCUT2D eigenvalue weighted by Gasteiger charge is -2.06. The Balaban J connectivity index is 1.88. The molecule has 0 heterocycles. The standard InChI is InChI=1S/C15H12F2O4/c16-15(17)20-13-8-4-7-12(9-13)14(18)21-19-10-11-5-2-1-3-6-11/h1-9,15H,10H2. The van der Waals surface area contributed by atoms with Crippen molar-refractivity contribution in [2.24, 2.45) is 0 Å². The summed E-state index contributed by atoms with van der Waals surface area (Å²) in [5, 5.41) is 0. The van der Waals surface area contributed by atoms with Gasteiger partial charge in [-0.2, -0.15) is 13.7 Å². The molecule has 2 aromatic carbocycles. The van der Waals surface area contributed by atoms with E-state index < -0.39 is 12.6 Å². The second-order valence-electron chi connectivity index (χ2n) is 4.02. The van der Waals surface area contributed by atoms with Crippen molar-refractivity contribution in [1.82, 2.24) is 0 Å². The average molecular weight is 294 g/mol. The second kappa shape index (κ2) is 7.35. The largest absolute Gasteiger partial charge is 0.435 e. The zero-order valence-corrected chi connectivity index (χ0v) is 10.9. The predicted molar refractivity (Wildman–Crippen MR) is 69.7 cm³/mol. The summed E-state index contributed by atoms with van der Waals surface area (Å²) in [5.41, 5.74) is 0.890. The third-order valence-corrected chi connectivity index (χ3v) is 2.50. The van der Waals surface area contributed by atoms with E-state index in [4.69, 9.17) is 4.89 Å². The number of alkyl halides is 2. The van der Waals surface area contributed by atoms with Crippen LogP contribution in [0.1, 0.15) is 15.9 Å². The molecule has 0 amide bonds. The lowest BCUT2D eigenvalue weighted by atomic mass is 10.2. The highest BCUT2D eigenvalue weighted by atomic mass is 19.3. The molecule has 0 radical (unpaired) electrons. The van der Waals surface area contributed by atoms with Crippen LogP contribution in [0.3, 0.4) is 0 Å². The molecule has 0 unspecified atom stereocenters. The van der Waals surface area contributed by atoms with Gasteiger partial charge in [0.2, 0.25) is 0 Å². The summed E-state index contributed by atoms with van der Waals surface area (Å²) < 4.78 is 28.4. The highest BCUT2D eigenvalue weighted by Crippen LogP contribution is 2.16. The summed E-state index contributed by atoms with van der Waals surface area (Å²) in [5.74, 6) is -0.909. The Morgan fingerprint density at radius 3 is 2.52 bits per heavy atom. The Labute approximate surface area is 119 Å². The Bertz CT molecular complexity index is 587. The maximum atomic E-state index is 12.1. The van der Waals surface area contributed by atoms with Crippen molar-refractivity contribution < 1.29 is 28.1 Å². The van der Waals surface area contributed by atoms with E-state index in [0.717, 1.165) is 11.6 Å². The predicted octanol–water partition coefficient (Wildman–Crippen LogP) is 3.58. The van der Waals surface area contributed by atoms with Crippen molar-refractivity contribution in [2.45, 2.75) is 13.2 Å². The Kier molecular flexibility index (Phi) is 5.22. The number of hydrogen-bond acceptors (Lipinski definition) is 4.